The van der Waals surface area contributed by atoms with Gasteiger partial charge in [-0.2, -0.15) is 14.8 Å². The molecule has 9 nitrogen and oxygen atoms in total. The van der Waals surface area contributed by atoms with Crippen LogP contribution >= 0.6 is 11.8 Å². The summed E-state index contributed by atoms with van der Waals surface area (Å²) in [6.07, 6.45) is 0.209. The number of nitrogens with one attached hydrogen (secondary N) is 1. The Hall–Kier alpha value is -4.83. The minimum absolute atomic E-state index is 0.208. The number of pyridine rings is 1. The lowest BCUT2D eigenvalue weighted by Crippen LogP contribution is -2.17. The van der Waals surface area contributed by atoms with Crippen LogP contribution in [0.5, 0.6) is 17.2 Å². The van der Waals surface area contributed by atoms with E-state index in [4.69, 9.17) is 4.74 Å². The molecule has 0 unspecified atom stereocenters. The Morgan fingerprint density at radius 1 is 0.921 bits per heavy atom. The standard InChI is InChI=1S/C25H16F3N7O2S/c1-38-22-20(14-29)21(15-2-6-19(7-3-15)37-25(26,27)28)35-24(32-22)33-23(34-35)31-16-4-8-17(9-5-16)36-18-10-12-30-13-11-18/h2-13H,1H3,(H,31,34). The minimum atomic E-state index is -4.81. The zero-order valence-corrected chi connectivity index (χ0v) is 20.3. The molecular weight excluding hydrogens is 519 g/mol. The molecule has 3 aromatic heterocycles. The Labute approximate surface area is 217 Å². The van der Waals surface area contributed by atoms with Crippen molar-refractivity contribution in [2.45, 2.75) is 11.4 Å². The first-order chi connectivity index (χ1) is 18.3. The van der Waals surface area contributed by atoms with Gasteiger partial charge in [-0.3, -0.25) is 4.98 Å². The second kappa shape index (κ2) is 10.3. The molecule has 0 bridgehead atoms. The molecule has 0 spiro atoms. The monoisotopic (exact) mass is 535 g/mol. The lowest BCUT2D eigenvalue weighted by molar-refractivity contribution is -0.274. The highest BCUT2D eigenvalue weighted by molar-refractivity contribution is 7.98. The number of alkyl halides is 3. The number of aromatic nitrogens is 5. The smallest absolute Gasteiger partial charge is 0.457 e. The van der Waals surface area contributed by atoms with Crippen LogP contribution in [0.2, 0.25) is 0 Å². The molecule has 0 atom stereocenters. The molecule has 5 aromatic rings. The molecule has 3 heterocycles. The van der Waals surface area contributed by atoms with E-state index in [1.165, 1.54) is 40.5 Å². The van der Waals surface area contributed by atoms with Gasteiger partial charge in [0, 0.05) is 23.6 Å². The van der Waals surface area contributed by atoms with Gasteiger partial charge in [-0.1, -0.05) is 0 Å². The molecule has 0 aliphatic carbocycles. The van der Waals surface area contributed by atoms with E-state index in [1.54, 1.807) is 55.0 Å². The largest absolute Gasteiger partial charge is 0.573 e. The van der Waals surface area contributed by atoms with Gasteiger partial charge < -0.3 is 14.8 Å². The van der Waals surface area contributed by atoms with Crippen LogP contribution in [0.3, 0.4) is 0 Å². The molecule has 0 fully saturated rings. The van der Waals surface area contributed by atoms with Crippen LogP contribution in [-0.4, -0.2) is 37.2 Å². The van der Waals surface area contributed by atoms with Gasteiger partial charge >= 0.3 is 6.36 Å². The fourth-order valence-corrected chi connectivity index (χ4v) is 4.06. The quantitative estimate of drug-likeness (QED) is 0.192. The summed E-state index contributed by atoms with van der Waals surface area (Å²) in [4.78, 5) is 12.8. The highest BCUT2D eigenvalue weighted by Gasteiger charge is 2.31. The number of thioether (sulfide) groups is 1. The zero-order valence-electron chi connectivity index (χ0n) is 19.5. The van der Waals surface area contributed by atoms with Crippen LogP contribution in [0.25, 0.3) is 17.0 Å². The number of nitrogens with zero attached hydrogens (tertiary/aromatic N) is 6. The minimum Gasteiger partial charge on any atom is -0.457 e. The van der Waals surface area contributed by atoms with Crippen molar-refractivity contribution in [2.24, 2.45) is 0 Å². The number of hydrogen-bond acceptors (Lipinski definition) is 9. The van der Waals surface area contributed by atoms with E-state index in [0.717, 1.165) is 0 Å². The van der Waals surface area contributed by atoms with E-state index < -0.39 is 6.36 Å². The lowest BCUT2D eigenvalue weighted by atomic mass is 10.1. The van der Waals surface area contributed by atoms with Crippen LogP contribution in [0, 0.1) is 11.3 Å². The second-order valence-corrected chi connectivity index (χ2v) is 8.41. The summed E-state index contributed by atoms with van der Waals surface area (Å²) in [6.45, 7) is 0. The number of hydrogen-bond donors (Lipinski definition) is 1. The summed E-state index contributed by atoms with van der Waals surface area (Å²) in [6, 6.07) is 17.9. The van der Waals surface area contributed by atoms with Crippen LogP contribution in [0.4, 0.5) is 24.8 Å². The Morgan fingerprint density at radius 3 is 2.21 bits per heavy atom. The Balaban J connectivity index is 1.47. The number of fused-ring (bicyclic) bond motifs is 1. The zero-order chi connectivity index (χ0) is 26.7. The normalized spacial score (nSPS) is 11.2. The molecule has 0 radical (unpaired) electrons. The summed E-state index contributed by atoms with van der Waals surface area (Å²) in [5, 5.41) is 17.8. The predicted molar refractivity (Wildman–Crippen MR) is 133 cm³/mol. The molecule has 0 amide bonds. The number of nitriles is 1. The van der Waals surface area contributed by atoms with Gasteiger partial charge in [0.05, 0.1) is 5.69 Å². The fourth-order valence-electron chi connectivity index (χ4n) is 3.54. The van der Waals surface area contributed by atoms with Crippen LogP contribution in [-0.2, 0) is 0 Å². The maximum Gasteiger partial charge on any atom is 0.573 e. The first-order valence-electron chi connectivity index (χ1n) is 10.9. The number of benzene rings is 2. The third kappa shape index (κ3) is 5.45. The van der Waals surface area contributed by atoms with Gasteiger partial charge in [0.25, 0.3) is 5.78 Å². The molecule has 0 saturated carbocycles. The van der Waals surface area contributed by atoms with Crippen molar-refractivity contribution in [3.63, 3.8) is 0 Å². The summed E-state index contributed by atoms with van der Waals surface area (Å²) >= 11 is 1.24. The van der Waals surface area contributed by atoms with Crippen molar-refractivity contribution in [3.8, 4) is 34.6 Å². The lowest BCUT2D eigenvalue weighted by Gasteiger charge is -2.11. The number of ether oxygens (including phenoxy) is 2. The Kier molecular flexibility index (Phi) is 6.71. The van der Waals surface area contributed by atoms with Gasteiger partial charge in [0.1, 0.15) is 33.9 Å². The molecule has 0 aliphatic rings. The summed E-state index contributed by atoms with van der Waals surface area (Å²) in [5.74, 6) is 1.30. The molecule has 1 N–H and O–H groups in total. The van der Waals surface area contributed by atoms with E-state index in [-0.39, 0.29) is 23.0 Å². The van der Waals surface area contributed by atoms with E-state index in [2.05, 4.69) is 36.2 Å². The average Bonchev–Trinajstić information content (AvgIpc) is 3.30. The molecule has 13 heteroatoms. The molecule has 38 heavy (non-hydrogen) atoms. The Bertz CT molecular complexity index is 1620. The van der Waals surface area contributed by atoms with E-state index in [1.807, 2.05) is 0 Å². The highest BCUT2D eigenvalue weighted by atomic mass is 32.2. The van der Waals surface area contributed by atoms with Gasteiger partial charge in [-0.25, -0.2) is 4.98 Å². The van der Waals surface area contributed by atoms with Crippen LogP contribution in [0.15, 0.2) is 78.1 Å². The van der Waals surface area contributed by atoms with Crippen molar-refractivity contribution in [1.29, 1.82) is 5.26 Å². The van der Waals surface area contributed by atoms with Gasteiger partial charge in [0.15, 0.2) is 0 Å². The average molecular weight is 536 g/mol. The fraction of sp³-hybridized carbons (Fsp3) is 0.0800. The third-order valence-electron chi connectivity index (χ3n) is 5.12. The molecule has 2 aromatic carbocycles. The van der Waals surface area contributed by atoms with E-state index >= 15 is 0 Å². The van der Waals surface area contributed by atoms with Gasteiger partial charge in [-0.05, 0) is 66.9 Å². The van der Waals surface area contributed by atoms with Crippen molar-refractivity contribution in [2.75, 3.05) is 11.6 Å². The second-order valence-electron chi connectivity index (χ2n) is 7.61. The van der Waals surface area contributed by atoms with Gasteiger partial charge in [-0.15, -0.1) is 30.0 Å². The van der Waals surface area contributed by atoms with Crippen molar-refractivity contribution < 1.29 is 22.6 Å². The third-order valence-corrected chi connectivity index (χ3v) is 5.80. The number of rotatable bonds is 7. The molecule has 0 aliphatic heterocycles. The summed E-state index contributed by atoms with van der Waals surface area (Å²) in [7, 11) is 0. The number of anilines is 2. The Morgan fingerprint density at radius 2 is 1.58 bits per heavy atom. The van der Waals surface area contributed by atoms with Crippen LogP contribution in [0.1, 0.15) is 5.56 Å². The predicted octanol–water partition coefficient (Wildman–Crippen LogP) is 6.21. The summed E-state index contributed by atoms with van der Waals surface area (Å²) in [5.41, 5.74) is 1.65. The molecule has 5 rings (SSSR count). The SMILES string of the molecule is CSc1nc2nc(Nc3ccc(Oc4ccncc4)cc3)nn2c(-c2ccc(OC(F)(F)F)cc2)c1C#N. The van der Waals surface area contributed by atoms with Crippen molar-refractivity contribution in [3.05, 3.63) is 78.6 Å². The van der Waals surface area contributed by atoms with E-state index in [0.29, 0.717) is 33.5 Å². The maximum absolute atomic E-state index is 12.6. The highest BCUT2D eigenvalue weighted by Crippen LogP contribution is 2.32. The summed E-state index contributed by atoms with van der Waals surface area (Å²) < 4.78 is 48.8. The number of halogens is 3. The topological polar surface area (TPSA) is 110 Å². The van der Waals surface area contributed by atoms with Crippen molar-refractivity contribution >= 4 is 29.2 Å². The first kappa shape index (κ1) is 24.8. The molecule has 0 saturated heterocycles. The first-order valence-corrected chi connectivity index (χ1v) is 12.1. The maximum atomic E-state index is 12.6. The van der Waals surface area contributed by atoms with E-state index in [9.17, 15) is 18.4 Å². The molecular formula is C25H16F3N7O2S. The van der Waals surface area contributed by atoms with Crippen LogP contribution < -0.4 is 14.8 Å². The molecule has 190 valence electrons. The van der Waals surface area contributed by atoms with Crippen molar-refractivity contribution in [1.82, 2.24) is 24.6 Å². The van der Waals surface area contributed by atoms with Gasteiger partial charge in [0.2, 0.25) is 5.95 Å².